The minimum atomic E-state index is -0.161. The van der Waals surface area contributed by atoms with Crippen LogP contribution in [0, 0.1) is 5.92 Å². The molecule has 0 radical (unpaired) electrons. The quantitative estimate of drug-likeness (QED) is 0.851. The normalized spacial score (nSPS) is 20.5. The van der Waals surface area contributed by atoms with Gasteiger partial charge in [-0.05, 0) is 30.2 Å². The predicted octanol–water partition coefficient (Wildman–Crippen LogP) is 3.69. The van der Waals surface area contributed by atoms with Gasteiger partial charge in [-0.15, -0.1) is 22.7 Å². The highest BCUT2D eigenvalue weighted by atomic mass is 32.1. The van der Waals surface area contributed by atoms with Crippen molar-refractivity contribution in [2.24, 2.45) is 5.92 Å². The van der Waals surface area contributed by atoms with Crippen LogP contribution in [0.2, 0.25) is 0 Å². The van der Waals surface area contributed by atoms with Crippen molar-refractivity contribution in [2.75, 3.05) is 5.32 Å². The van der Waals surface area contributed by atoms with Crippen LogP contribution in [0.5, 0.6) is 0 Å². The molecule has 1 aliphatic carbocycles. The van der Waals surface area contributed by atoms with Crippen LogP contribution in [-0.2, 0) is 11.2 Å². The number of hydrogen-bond acceptors (Lipinski definition) is 5. The first kappa shape index (κ1) is 17.1. The fourth-order valence-electron chi connectivity index (χ4n) is 2.97. The van der Waals surface area contributed by atoms with E-state index in [4.69, 9.17) is 0 Å². The molecule has 2 N–H and O–H groups in total. The van der Waals surface area contributed by atoms with Gasteiger partial charge in [-0.1, -0.05) is 25.8 Å². The maximum atomic E-state index is 12.2. The lowest BCUT2D eigenvalue weighted by Gasteiger charge is -2.29. The number of thiophene rings is 1. The Bertz CT molecular complexity index is 697. The molecule has 2 atom stereocenters. The number of thiazole rings is 1. The molecule has 128 valence electrons. The number of hydrogen-bond donors (Lipinski definition) is 2. The molecule has 0 spiro atoms. The zero-order valence-electron chi connectivity index (χ0n) is 13.6. The Morgan fingerprint density at radius 1 is 1.29 bits per heavy atom. The van der Waals surface area contributed by atoms with Crippen molar-refractivity contribution in [1.82, 2.24) is 10.3 Å². The van der Waals surface area contributed by atoms with Gasteiger partial charge in [0.05, 0.1) is 17.0 Å². The van der Waals surface area contributed by atoms with E-state index in [1.165, 1.54) is 41.9 Å². The summed E-state index contributed by atoms with van der Waals surface area (Å²) in [6, 6.07) is 3.89. The smallest absolute Gasteiger partial charge is 0.267 e. The molecule has 1 saturated carbocycles. The number of anilines is 1. The highest BCUT2D eigenvalue weighted by molar-refractivity contribution is 7.14. The Kier molecular flexibility index (Phi) is 5.63. The van der Waals surface area contributed by atoms with E-state index in [1.807, 2.05) is 16.8 Å². The van der Waals surface area contributed by atoms with Gasteiger partial charge in [0.2, 0.25) is 5.91 Å². The highest BCUT2D eigenvalue weighted by Crippen LogP contribution is 2.24. The first-order valence-electron chi connectivity index (χ1n) is 8.20. The zero-order valence-corrected chi connectivity index (χ0v) is 15.2. The number of aromatic nitrogens is 1. The second-order valence-corrected chi connectivity index (χ2v) is 7.99. The second kappa shape index (κ2) is 7.90. The van der Waals surface area contributed by atoms with Gasteiger partial charge in [0.25, 0.3) is 5.91 Å². The Labute approximate surface area is 149 Å². The summed E-state index contributed by atoms with van der Waals surface area (Å²) >= 11 is 2.73. The molecule has 24 heavy (non-hydrogen) atoms. The van der Waals surface area contributed by atoms with Crippen molar-refractivity contribution < 1.29 is 9.59 Å². The minimum Gasteiger partial charge on any atom is -0.353 e. The molecule has 0 aliphatic heterocycles. The van der Waals surface area contributed by atoms with Gasteiger partial charge in [-0.2, -0.15) is 0 Å². The van der Waals surface area contributed by atoms with E-state index in [9.17, 15) is 9.59 Å². The number of carbonyl (C=O) groups excluding carboxylic acids is 2. The van der Waals surface area contributed by atoms with Crippen molar-refractivity contribution in [1.29, 1.82) is 0 Å². The lowest BCUT2D eigenvalue weighted by atomic mass is 9.86. The van der Waals surface area contributed by atoms with E-state index < -0.39 is 0 Å². The van der Waals surface area contributed by atoms with Crippen molar-refractivity contribution in [2.45, 2.75) is 45.1 Å². The van der Waals surface area contributed by atoms with Crippen molar-refractivity contribution in [3.8, 4) is 0 Å². The molecule has 0 bridgehead atoms. The molecule has 7 heteroatoms. The summed E-state index contributed by atoms with van der Waals surface area (Å²) in [5.74, 6) is 0.389. The summed E-state index contributed by atoms with van der Waals surface area (Å²) in [6.45, 7) is 2.20. The van der Waals surface area contributed by atoms with Gasteiger partial charge < -0.3 is 5.32 Å². The van der Waals surface area contributed by atoms with E-state index in [0.717, 1.165) is 6.42 Å². The van der Waals surface area contributed by atoms with Crippen LogP contribution in [0.3, 0.4) is 0 Å². The molecule has 2 amide bonds. The van der Waals surface area contributed by atoms with Crippen molar-refractivity contribution in [3.63, 3.8) is 0 Å². The molecule has 5 nitrogen and oxygen atoms in total. The number of rotatable bonds is 5. The van der Waals surface area contributed by atoms with Crippen LogP contribution < -0.4 is 10.6 Å². The van der Waals surface area contributed by atoms with Gasteiger partial charge in [-0.3, -0.25) is 14.9 Å². The van der Waals surface area contributed by atoms with Gasteiger partial charge in [0, 0.05) is 11.4 Å². The summed E-state index contributed by atoms with van der Waals surface area (Å²) in [4.78, 5) is 29.2. The zero-order chi connectivity index (χ0) is 16.9. The van der Waals surface area contributed by atoms with E-state index in [2.05, 4.69) is 22.5 Å². The van der Waals surface area contributed by atoms with Gasteiger partial charge in [0.15, 0.2) is 5.13 Å². The number of carbonyl (C=O) groups is 2. The molecule has 0 unspecified atom stereocenters. The van der Waals surface area contributed by atoms with Gasteiger partial charge in [0.1, 0.15) is 0 Å². The Morgan fingerprint density at radius 3 is 2.88 bits per heavy atom. The summed E-state index contributed by atoms with van der Waals surface area (Å²) in [5.41, 5.74) is 0.697. The van der Waals surface area contributed by atoms with E-state index in [-0.39, 0.29) is 24.3 Å². The Balaban J connectivity index is 1.52. The number of nitrogens with one attached hydrogen (secondary N) is 2. The SMILES string of the molecule is C[C@H]1CCCC[C@H]1NC(=O)Cc1csc(NC(=O)c2cccs2)n1. The van der Waals surface area contributed by atoms with Crippen LogP contribution in [0.15, 0.2) is 22.9 Å². The van der Waals surface area contributed by atoms with Crippen LogP contribution in [0.4, 0.5) is 5.13 Å². The van der Waals surface area contributed by atoms with Crippen LogP contribution >= 0.6 is 22.7 Å². The summed E-state index contributed by atoms with van der Waals surface area (Å²) in [5, 5.41) is 10.1. The standard InChI is InChI=1S/C17H21N3O2S2/c1-11-5-2-3-6-13(11)19-15(21)9-12-10-24-17(18-12)20-16(22)14-7-4-8-23-14/h4,7-8,10-11,13H,2-3,5-6,9H2,1H3,(H,19,21)(H,18,20,22)/t11-,13+/m0/s1. The molecule has 2 aromatic heterocycles. The van der Waals surface area contributed by atoms with Crippen molar-refractivity contribution in [3.05, 3.63) is 33.5 Å². The third-order valence-corrected chi connectivity index (χ3v) is 5.99. The van der Waals surface area contributed by atoms with E-state index in [0.29, 0.717) is 21.6 Å². The van der Waals surface area contributed by atoms with Crippen LogP contribution in [-0.4, -0.2) is 22.8 Å². The molecule has 2 aromatic rings. The molecule has 2 heterocycles. The minimum absolute atomic E-state index is 0.00943. The fraction of sp³-hybridized carbons (Fsp3) is 0.471. The van der Waals surface area contributed by atoms with Gasteiger partial charge >= 0.3 is 0 Å². The molecule has 1 fully saturated rings. The maximum absolute atomic E-state index is 12.2. The Morgan fingerprint density at radius 2 is 2.12 bits per heavy atom. The third-order valence-electron chi connectivity index (χ3n) is 4.32. The summed E-state index contributed by atoms with van der Waals surface area (Å²) in [7, 11) is 0. The van der Waals surface area contributed by atoms with E-state index >= 15 is 0 Å². The molecule has 3 rings (SSSR count). The molecular weight excluding hydrogens is 342 g/mol. The van der Waals surface area contributed by atoms with E-state index in [1.54, 1.807) is 6.07 Å². The van der Waals surface area contributed by atoms with Crippen molar-refractivity contribution >= 4 is 39.6 Å². The van der Waals surface area contributed by atoms with Crippen LogP contribution in [0.25, 0.3) is 0 Å². The Hall–Kier alpha value is -1.73. The molecule has 1 aliphatic rings. The average molecular weight is 364 g/mol. The fourth-order valence-corrected chi connectivity index (χ4v) is 4.29. The maximum Gasteiger partial charge on any atom is 0.267 e. The topological polar surface area (TPSA) is 71.1 Å². The lowest BCUT2D eigenvalue weighted by Crippen LogP contribution is -2.41. The largest absolute Gasteiger partial charge is 0.353 e. The monoisotopic (exact) mass is 363 g/mol. The number of nitrogens with zero attached hydrogens (tertiary/aromatic N) is 1. The molecule has 0 saturated heterocycles. The summed E-state index contributed by atoms with van der Waals surface area (Å²) in [6.07, 6.45) is 4.94. The second-order valence-electron chi connectivity index (χ2n) is 6.19. The van der Waals surface area contributed by atoms with Gasteiger partial charge in [-0.25, -0.2) is 4.98 Å². The summed E-state index contributed by atoms with van der Waals surface area (Å²) < 4.78 is 0. The average Bonchev–Trinajstić information content (AvgIpc) is 3.21. The van der Waals surface area contributed by atoms with Crippen LogP contribution in [0.1, 0.15) is 48.0 Å². The number of amides is 2. The lowest BCUT2D eigenvalue weighted by molar-refractivity contribution is -0.121. The first-order chi connectivity index (χ1) is 11.6. The predicted molar refractivity (Wildman–Crippen MR) is 97.7 cm³/mol. The molecule has 0 aromatic carbocycles. The molecular formula is C17H21N3O2S2. The highest BCUT2D eigenvalue weighted by Gasteiger charge is 2.23. The first-order valence-corrected chi connectivity index (χ1v) is 9.96. The third kappa shape index (κ3) is 4.42.